The third kappa shape index (κ3) is 5.77. The molecule has 0 saturated heterocycles. The van der Waals surface area contributed by atoms with E-state index in [4.69, 9.17) is 4.74 Å². The van der Waals surface area contributed by atoms with Gasteiger partial charge in [0.05, 0.1) is 0 Å². The van der Waals surface area contributed by atoms with Gasteiger partial charge in [0.15, 0.2) is 0 Å². The molecule has 2 rings (SSSR count). The van der Waals surface area contributed by atoms with Crippen LogP contribution in [0.15, 0.2) is 35.3 Å². The molecule has 27 heavy (non-hydrogen) atoms. The van der Waals surface area contributed by atoms with Crippen LogP contribution in [0.25, 0.3) is 0 Å². The summed E-state index contributed by atoms with van der Waals surface area (Å²) in [5, 5.41) is 0. The molecule has 0 spiro atoms. The van der Waals surface area contributed by atoms with Gasteiger partial charge < -0.3 is 4.74 Å². The molecule has 1 aromatic rings. The van der Waals surface area contributed by atoms with Gasteiger partial charge in [-0.15, -0.1) is 23.5 Å². The van der Waals surface area contributed by atoms with E-state index in [2.05, 4.69) is 56.1 Å². The van der Waals surface area contributed by atoms with E-state index >= 15 is 0 Å². The van der Waals surface area contributed by atoms with Crippen molar-refractivity contribution in [2.24, 2.45) is 16.8 Å². The van der Waals surface area contributed by atoms with Crippen molar-refractivity contribution in [3.8, 4) is 0 Å². The van der Waals surface area contributed by atoms with E-state index in [1.54, 1.807) is 23.5 Å². The molecular weight excluding hydrogens is 374 g/mol. The van der Waals surface area contributed by atoms with Gasteiger partial charge in [-0.3, -0.25) is 4.99 Å². The number of hydrogen-bond donors (Lipinski definition) is 0. The van der Waals surface area contributed by atoms with Gasteiger partial charge in [0, 0.05) is 5.92 Å². The summed E-state index contributed by atoms with van der Waals surface area (Å²) in [6, 6.07) is 10.1. The molecule has 0 aliphatic heterocycles. The second-order valence-electron chi connectivity index (χ2n) is 8.07. The van der Waals surface area contributed by atoms with Crippen LogP contribution in [0.3, 0.4) is 0 Å². The third-order valence-electron chi connectivity index (χ3n) is 5.76. The Labute approximate surface area is 173 Å². The fraction of sp³-hybridized carbons (Fsp3) is 0.636. The first kappa shape index (κ1) is 22.4. The minimum atomic E-state index is -0.461. The van der Waals surface area contributed by atoms with Crippen molar-refractivity contribution in [2.75, 3.05) is 12.5 Å². The van der Waals surface area contributed by atoms with Gasteiger partial charge in [0.2, 0.25) is 0 Å². The highest BCUT2D eigenvalue weighted by Crippen LogP contribution is 2.43. The molecule has 0 bridgehead atoms. The Hall–Kier alpha value is -0.940. The number of carbonyl (C=O) groups excluding carboxylic acids is 1. The predicted molar refractivity (Wildman–Crippen MR) is 120 cm³/mol. The molecule has 0 unspecified atom stereocenters. The molecule has 1 aliphatic rings. The number of thioether (sulfide) groups is 2. The van der Waals surface area contributed by atoms with Crippen molar-refractivity contribution in [3.05, 3.63) is 35.9 Å². The molecule has 1 fully saturated rings. The Kier molecular flexibility index (Phi) is 8.29. The van der Waals surface area contributed by atoms with Gasteiger partial charge in [-0.05, 0) is 49.2 Å². The summed E-state index contributed by atoms with van der Waals surface area (Å²) in [5.74, 6) is 0.692. The number of nitrogens with zero attached hydrogens (tertiary/aromatic N) is 1. The molecule has 1 saturated carbocycles. The normalized spacial score (nSPS) is 24.1. The van der Waals surface area contributed by atoms with Crippen LogP contribution < -0.4 is 0 Å². The van der Waals surface area contributed by atoms with E-state index in [1.807, 2.05) is 19.4 Å². The van der Waals surface area contributed by atoms with E-state index in [9.17, 15) is 4.79 Å². The molecule has 0 N–H and O–H groups in total. The minimum Gasteiger partial charge on any atom is -0.460 e. The summed E-state index contributed by atoms with van der Waals surface area (Å²) in [4.78, 5) is 17.3. The summed E-state index contributed by atoms with van der Waals surface area (Å²) in [6.45, 7) is 8.65. The number of benzene rings is 1. The van der Waals surface area contributed by atoms with Crippen molar-refractivity contribution < 1.29 is 9.53 Å². The quantitative estimate of drug-likeness (QED) is 0.352. The first-order valence-corrected chi connectivity index (χ1v) is 12.2. The van der Waals surface area contributed by atoms with Crippen LogP contribution in [-0.4, -0.2) is 35.0 Å². The summed E-state index contributed by atoms with van der Waals surface area (Å²) in [5.41, 5.74) is 1.27. The summed E-state index contributed by atoms with van der Waals surface area (Å²) < 4.78 is 6.98. The van der Waals surface area contributed by atoms with Gasteiger partial charge in [-0.2, -0.15) is 0 Å². The van der Waals surface area contributed by atoms with Crippen LogP contribution in [0, 0.1) is 11.8 Å². The van der Waals surface area contributed by atoms with Crippen molar-refractivity contribution in [1.29, 1.82) is 0 Å². The summed E-state index contributed by atoms with van der Waals surface area (Å²) >= 11 is 3.14. The smallest absolute Gasteiger partial charge is 0.330 e. The molecule has 3 nitrogen and oxygen atoms in total. The van der Waals surface area contributed by atoms with E-state index < -0.39 is 6.04 Å². The maximum absolute atomic E-state index is 12.7. The number of hydrogen-bond acceptors (Lipinski definition) is 5. The SMILES string of the molecule is CSC(=N[C@H](C)C(=O)O[C@@H]1C[C@H](C)CC[C@H]1C(C)(C)c1ccccc1)SC. The molecule has 150 valence electrons. The zero-order chi connectivity index (χ0) is 20.0. The molecule has 0 radical (unpaired) electrons. The third-order valence-corrected chi connectivity index (χ3v) is 7.66. The average molecular weight is 408 g/mol. The van der Waals surface area contributed by atoms with Crippen LogP contribution in [0.2, 0.25) is 0 Å². The van der Waals surface area contributed by atoms with Gasteiger partial charge in [-0.25, -0.2) is 4.79 Å². The van der Waals surface area contributed by atoms with E-state index in [0.29, 0.717) is 11.8 Å². The molecule has 4 atom stereocenters. The Morgan fingerprint density at radius 3 is 2.41 bits per heavy atom. The standard InChI is InChI=1S/C22H33NO2S2/c1-15-12-13-18(22(3,4)17-10-8-7-9-11-17)19(14-15)25-20(24)16(2)23-21(26-5)27-6/h7-11,15-16,18-19H,12-14H2,1-6H3/t15-,16-,18-,19-/m1/s1. The second-order valence-corrected chi connectivity index (χ2v) is 9.92. The molecule has 0 aromatic heterocycles. The largest absolute Gasteiger partial charge is 0.460 e. The summed E-state index contributed by atoms with van der Waals surface area (Å²) in [7, 11) is 0. The predicted octanol–water partition coefficient (Wildman–Crippen LogP) is 5.78. The molecule has 0 heterocycles. The highest BCUT2D eigenvalue weighted by molar-refractivity contribution is 8.38. The van der Waals surface area contributed by atoms with E-state index in [0.717, 1.165) is 17.2 Å². The van der Waals surface area contributed by atoms with E-state index in [-0.39, 0.29) is 17.5 Å². The van der Waals surface area contributed by atoms with Gasteiger partial charge in [-0.1, -0.05) is 57.5 Å². The zero-order valence-corrected chi connectivity index (χ0v) is 19.0. The van der Waals surface area contributed by atoms with Crippen LogP contribution in [-0.2, 0) is 14.9 Å². The summed E-state index contributed by atoms with van der Waals surface area (Å²) in [6.07, 6.45) is 7.11. The number of carbonyl (C=O) groups is 1. The lowest BCUT2D eigenvalue weighted by Gasteiger charge is -2.44. The van der Waals surface area contributed by atoms with Gasteiger partial charge in [0.25, 0.3) is 0 Å². The fourth-order valence-electron chi connectivity index (χ4n) is 4.01. The maximum atomic E-state index is 12.7. The molecule has 5 heteroatoms. The monoisotopic (exact) mass is 407 g/mol. The topological polar surface area (TPSA) is 38.7 Å². The van der Waals surface area contributed by atoms with Crippen LogP contribution >= 0.6 is 23.5 Å². The Morgan fingerprint density at radius 2 is 1.81 bits per heavy atom. The number of esters is 1. The Balaban J connectivity index is 2.18. The van der Waals surface area contributed by atoms with E-state index in [1.165, 1.54) is 12.0 Å². The van der Waals surface area contributed by atoms with Crippen LogP contribution in [0.5, 0.6) is 0 Å². The van der Waals surface area contributed by atoms with Crippen LogP contribution in [0.1, 0.15) is 52.5 Å². The van der Waals surface area contributed by atoms with Gasteiger partial charge in [0.1, 0.15) is 16.5 Å². The molecular formula is C22H33NO2S2. The number of aliphatic imine (C=N–C) groups is 1. The van der Waals surface area contributed by atoms with Crippen molar-refractivity contribution in [2.45, 2.75) is 64.5 Å². The highest BCUT2D eigenvalue weighted by atomic mass is 32.2. The number of rotatable bonds is 5. The minimum absolute atomic E-state index is 0.0391. The Bertz CT molecular complexity index is 639. The lowest BCUT2D eigenvalue weighted by molar-refractivity contribution is -0.157. The van der Waals surface area contributed by atoms with Crippen LogP contribution in [0.4, 0.5) is 0 Å². The molecule has 1 aliphatic carbocycles. The number of ether oxygens (including phenoxy) is 1. The zero-order valence-electron chi connectivity index (χ0n) is 17.4. The maximum Gasteiger partial charge on any atom is 0.330 e. The average Bonchev–Trinajstić information content (AvgIpc) is 2.66. The first-order chi connectivity index (χ1) is 12.8. The van der Waals surface area contributed by atoms with Crippen molar-refractivity contribution >= 4 is 33.9 Å². The first-order valence-electron chi connectivity index (χ1n) is 9.71. The van der Waals surface area contributed by atoms with Crippen molar-refractivity contribution in [3.63, 3.8) is 0 Å². The second kappa shape index (κ2) is 10.0. The van der Waals surface area contributed by atoms with Gasteiger partial charge >= 0.3 is 5.97 Å². The highest BCUT2D eigenvalue weighted by Gasteiger charge is 2.42. The fourth-order valence-corrected chi connectivity index (χ4v) is 5.21. The lowest BCUT2D eigenvalue weighted by Crippen LogP contribution is -2.44. The molecule has 1 aromatic carbocycles. The molecule has 0 amide bonds. The lowest BCUT2D eigenvalue weighted by atomic mass is 9.64. The Morgan fingerprint density at radius 1 is 1.19 bits per heavy atom. The van der Waals surface area contributed by atoms with Crippen molar-refractivity contribution in [1.82, 2.24) is 0 Å².